The second kappa shape index (κ2) is 6.92. The van der Waals surface area contributed by atoms with Crippen molar-refractivity contribution in [2.75, 3.05) is 25.0 Å². The summed E-state index contributed by atoms with van der Waals surface area (Å²) in [5.74, 6) is 0.0632. The van der Waals surface area contributed by atoms with Crippen molar-refractivity contribution in [3.8, 4) is 0 Å². The fourth-order valence-electron chi connectivity index (χ4n) is 2.69. The summed E-state index contributed by atoms with van der Waals surface area (Å²) in [6.45, 7) is 9.29. The van der Waals surface area contributed by atoms with Crippen LogP contribution in [0.1, 0.15) is 56.9 Å². The maximum Gasteiger partial charge on any atom is 0.272 e. The molecule has 1 N–H and O–H groups in total. The molecule has 4 heteroatoms. The minimum atomic E-state index is 0.0632. The first-order chi connectivity index (χ1) is 10.1. The van der Waals surface area contributed by atoms with Gasteiger partial charge in [0, 0.05) is 31.5 Å². The number of hydrogen-bond donors (Lipinski definition) is 1. The van der Waals surface area contributed by atoms with Crippen LogP contribution in [0.4, 0.5) is 5.69 Å². The molecule has 0 atom stereocenters. The van der Waals surface area contributed by atoms with E-state index in [2.05, 4.69) is 31.1 Å². The Bertz CT molecular complexity index is 479. The van der Waals surface area contributed by atoms with Crippen molar-refractivity contribution in [2.45, 2.75) is 46.5 Å². The van der Waals surface area contributed by atoms with Gasteiger partial charge in [-0.05, 0) is 36.8 Å². The van der Waals surface area contributed by atoms with Gasteiger partial charge in [-0.1, -0.05) is 27.2 Å². The molecule has 1 amide bonds. The fraction of sp³-hybridized carbons (Fsp3) is 0.647. The fourth-order valence-corrected chi connectivity index (χ4v) is 2.69. The SMILES string of the molecule is CCCNc1ccnc(C(=O)N2CCC(C)(CC)CC2)c1. The van der Waals surface area contributed by atoms with Gasteiger partial charge < -0.3 is 10.2 Å². The van der Waals surface area contributed by atoms with Crippen molar-refractivity contribution in [1.82, 2.24) is 9.88 Å². The molecular formula is C17H27N3O. The van der Waals surface area contributed by atoms with Crippen LogP contribution in [0.15, 0.2) is 18.3 Å². The number of piperidine rings is 1. The molecule has 21 heavy (non-hydrogen) atoms. The lowest BCUT2D eigenvalue weighted by atomic mass is 9.78. The first-order valence-electron chi connectivity index (χ1n) is 8.07. The highest BCUT2D eigenvalue weighted by molar-refractivity contribution is 5.93. The van der Waals surface area contributed by atoms with Gasteiger partial charge in [0.1, 0.15) is 5.69 Å². The maximum atomic E-state index is 12.6. The van der Waals surface area contributed by atoms with Gasteiger partial charge in [0.05, 0.1) is 0 Å². The van der Waals surface area contributed by atoms with Crippen LogP contribution >= 0.6 is 0 Å². The highest BCUT2D eigenvalue weighted by atomic mass is 16.2. The number of carbonyl (C=O) groups excluding carboxylic acids is 1. The van der Waals surface area contributed by atoms with E-state index >= 15 is 0 Å². The summed E-state index contributed by atoms with van der Waals surface area (Å²) in [4.78, 5) is 18.8. The molecule has 0 aliphatic carbocycles. The predicted molar refractivity (Wildman–Crippen MR) is 86.6 cm³/mol. The van der Waals surface area contributed by atoms with Crippen molar-refractivity contribution in [1.29, 1.82) is 0 Å². The largest absolute Gasteiger partial charge is 0.385 e. The zero-order valence-electron chi connectivity index (χ0n) is 13.5. The van der Waals surface area contributed by atoms with E-state index in [0.717, 1.165) is 44.6 Å². The molecule has 0 unspecified atom stereocenters. The number of anilines is 1. The Balaban J connectivity index is 2.00. The molecule has 1 aliphatic rings. The summed E-state index contributed by atoms with van der Waals surface area (Å²) in [5.41, 5.74) is 1.93. The highest BCUT2D eigenvalue weighted by Gasteiger charge is 2.30. The Morgan fingerprint density at radius 2 is 2.10 bits per heavy atom. The Hall–Kier alpha value is -1.58. The predicted octanol–water partition coefficient (Wildman–Crippen LogP) is 3.56. The van der Waals surface area contributed by atoms with Crippen LogP contribution < -0.4 is 5.32 Å². The third kappa shape index (κ3) is 3.96. The van der Waals surface area contributed by atoms with Crippen LogP contribution in [-0.2, 0) is 0 Å². The number of carbonyl (C=O) groups is 1. The maximum absolute atomic E-state index is 12.6. The van der Waals surface area contributed by atoms with E-state index in [-0.39, 0.29) is 5.91 Å². The Kier molecular flexibility index (Phi) is 5.21. The topological polar surface area (TPSA) is 45.2 Å². The molecule has 1 aromatic heterocycles. The molecule has 1 aliphatic heterocycles. The second-order valence-electron chi connectivity index (χ2n) is 6.31. The standard InChI is InChI=1S/C17H27N3O/c1-4-9-18-14-6-10-19-15(13-14)16(21)20-11-7-17(3,5-2)8-12-20/h6,10,13H,4-5,7-9,11-12H2,1-3H3,(H,18,19). The van der Waals surface area contributed by atoms with E-state index in [0.29, 0.717) is 11.1 Å². The number of rotatable bonds is 5. The number of hydrogen-bond acceptors (Lipinski definition) is 3. The summed E-state index contributed by atoms with van der Waals surface area (Å²) in [6, 6.07) is 3.78. The second-order valence-corrected chi connectivity index (χ2v) is 6.31. The highest BCUT2D eigenvalue weighted by Crippen LogP contribution is 2.34. The number of aromatic nitrogens is 1. The van der Waals surface area contributed by atoms with Crippen LogP contribution in [0.5, 0.6) is 0 Å². The van der Waals surface area contributed by atoms with Crippen molar-refractivity contribution < 1.29 is 4.79 Å². The zero-order valence-corrected chi connectivity index (χ0v) is 13.5. The molecule has 0 aromatic carbocycles. The Morgan fingerprint density at radius 3 is 2.71 bits per heavy atom. The molecule has 4 nitrogen and oxygen atoms in total. The third-order valence-electron chi connectivity index (χ3n) is 4.67. The van der Waals surface area contributed by atoms with Crippen molar-refractivity contribution in [2.24, 2.45) is 5.41 Å². The molecule has 1 saturated heterocycles. The molecule has 0 saturated carbocycles. The molecule has 0 bridgehead atoms. The molecule has 2 rings (SSSR count). The van der Waals surface area contributed by atoms with Gasteiger partial charge in [-0.2, -0.15) is 0 Å². The van der Waals surface area contributed by atoms with Gasteiger partial charge in [0.15, 0.2) is 0 Å². The van der Waals surface area contributed by atoms with Crippen molar-refractivity contribution in [3.05, 3.63) is 24.0 Å². The van der Waals surface area contributed by atoms with E-state index in [4.69, 9.17) is 0 Å². The molecule has 0 spiro atoms. The van der Waals surface area contributed by atoms with E-state index in [9.17, 15) is 4.79 Å². The van der Waals surface area contributed by atoms with Crippen LogP contribution in [0, 0.1) is 5.41 Å². The minimum Gasteiger partial charge on any atom is -0.385 e. The molecule has 1 aromatic rings. The summed E-state index contributed by atoms with van der Waals surface area (Å²) < 4.78 is 0. The normalized spacial score (nSPS) is 17.6. The van der Waals surface area contributed by atoms with Gasteiger partial charge in [0.25, 0.3) is 5.91 Å². The summed E-state index contributed by atoms with van der Waals surface area (Å²) in [7, 11) is 0. The first kappa shape index (κ1) is 15.8. The number of pyridine rings is 1. The van der Waals surface area contributed by atoms with Gasteiger partial charge in [-0.3, -0.25) is 9.78 Å². The Labute approximate surface area is 127 Å². The lowest BCUT2D eigenvalue weighted by molar-refractivity contribution is 0.0594. The van der Waals surface area contributed by atoms with E-state index in [1.165, 1.54) is 6.42 Å². The minimum absolute atomic E-state index is 0.0632. The molecule has 0 radical (unpaired) electrons. The zero-order chi connectivity index (χ0) is 15.3. The average molecular weight is 289 g/mol. The van der Waals surface area contributed by atoms with Gasteiger partial charge in [-0.15, -0.1) is 0 Å². The van der Waals surface area contributed by atoms with E-state index in [1.807, 2.05) is 17.0 Å². The first-order valence-corrected chi connectivity index (χ1v) is 8.07. The van der Waals surface area contributed by atoms with Gasteiger partial charge >= 0.3 is 0 Å². The van der Waals surface area contributed by atoms with Gasteiger partial charge in [-0.25, -0.2) is 0 Å². The number of amides is 1. The van der Waals surface area contributed by atoms with Crippen LogP contribution in [-0.4, -0.2) is 35.4 Å². The Morgan fingerprint density at radius 1 is 1.38 bits per heavy atom. The number of nitrogens with zero attached hydrogens (tertiary/aromatic N) is 2. The molecule has 116 valence electrons. The lowest BCUT2D eigenvalue weighted by Gasteiger charge is -2.38. The third-order valence-corrected chi connectivity index (χ3v) is 4.67. The van der Waals surface area contributed by atoms with E-state index < -0.39 is 0 Å². The molecule has 2 heterocycles. The lowest BCUT2D eigenvalue weighted by Crippen LogP contribution is -2.42. The monoisotopic (exact) mass is 289 g/mol. The van der Waals surface area contributed by atoms with Gasteiger partial charge in [0.2, 0.25) is 0 Å². The van der Waals surface area contributed by atoms with E-state index in [1.54, 1.807) is 6.20 Å². The summed E-state index contributed by atoms with van der Waals surface area (Å²) in [6.07, 6.45) is 6.13. The van der Waals surface area contributed by atoms with Crippen molar-refractivity contribution >= 4 is 11.6 Å². The number of nitrogens with one attached hydrogen (secondary N) is 1. The number of likely N-dealkylation sites (tertiary alicyclic amines) is 1. The van der Waals surface area contributed by atoms with Crippen LogP contribution in [0.2, 0.25) is 0 Å². The quantitative estimate of drug-likeness (QED) is 0.901. The van der Waals surface area contributed by atoms with Crippen molar-refractivity contribution in [3.63, 3.8) is 0 Å². The smallest absolute Gasteiger partial charge is 0.272 e. The van der Waals surface area contributed by atoms with Crippen LogP contribution in [0.3, 0.4) is 0 Å². The summed E-state index contributed by atoms with van der Waals surface area (Å²) >= 11 is 0. The molecule has 1 fully saturated rings. The molecular weight excluding hydrogens is 262 g/mol. The summed E-state index contributed by atoms with van der Waals surface area (Å²) in [5, 5.41) is 3.30. The van der Waals surface area contributed by atoms with Crippen LogP contribution in [0.25, 0.3) is 0 Å². The average Bonchev–Trinajstić information content (AvgIpc) is 2.53.